The average molecular weight is 567 g/mol. The van der Waals surface area contributed by atoms with E-state index in [2.05, 4.69) is 97.7 Å². The van der Waals surface area contributed by atoms with Gasteiger partial charge in [0.1, 0.15) is 5.78 Å². The van der Waals surface area contributed by atoms with E-state index in [4.69, 9.17) is 0 Å². The minimum Gasteiger partial charge on any atom is -0.329 e. The Morgan fingerprint density at radius 1 is 0.425 bits per heavy atom. The van der Waals surface area contributed by atoms with Gasteiger partial charge in [-0.15, -0.1) is 0 Å². The van der Waals surface area contributed by atoms with Crippen molar-refractivity contribution in [2.75, 3.05) is 42.3 Å². The monoisotopic (exact) mass is 567 g/mol. The molecule has 0 radical (unpaired) electrons. The largest absolute Gasteiger partial charge is 0.329 e. The van der Waals surface area contributed by atoms with E-state index < -0.39 is 0 Å². The second-order valence-electron chi connectivity index (χ2n) is 16.6. The maximum Gasteiger partial charge on any atom is 0.138 e. The Kier molecular flexibility index (Phi) is 19.5. The molecule has 3 heteroatoms. The van der Waals surface area contributed by atoms with Gasteiger partial charge < -0.3 is 8.97 Å². The van der Waals surface area contributed by atoms with E-state index >= 15 is 0 Å². The molecular formula is C37H78N2O+2. The quantitative estimate of drug-likeness (QED) is 0.0839. The van der Waals surface area contributed by atoms with Gasteiger partial charge in [0.05, 0.1) is 54.4 Å². The molecular weight excluding hydrogens is 488 g/mol. The van der Waals surface area contributed by atoms with Crippen molar-refractivity contribution in [2.45, 2.75) is 157 Å². The topological polar surface area (TPSA) is 17.1 Å². The lowest BCUT2D eigenvalue weighted by Gasteiger charge is -2.31. The minimum absolute atomic E-state index is 0.220. The molecule has 6 unspecified atom stereocenters. The van der Waals surface area contributed by atoms with Gasteiger partial charge in [0.15, 0.2) is 0 Å². The normalized spacial score (nSPS) is 17.6. The van der Waals surface area contributed by atoms with Gasteiger partial charge in [-0.3, -0.25) is 4.79 Å². The molecule has 0 saturated carbocycles. The molecule has 0 aliphatic heterocycles. The standard InChI is InChI=1S/C37H78N2O/c1-29(2)35(25-17-15-23-33(7)38(9,10)11)27-19-21-31(5)37(40)32(6)22-20-28-36(30(3)4)26-18-16-24-34(8)39(12,13)14/h29-36H,15-28H2,1-14H3/q+2. The second kappa shape index (κ2) is 19.7. The van der Waals surface area contributed by atoms with Crippen LogP contribution in [0.1, 0.15) is 145 Å². The smallest absolute Gasteiger partial charge is 0.138 e. The van der Waals surface area contributed by atoms with Crippen LogP contribution in [0.3, 0.4) is 0 Å². The molecule has 0 rings (SSSR count). The van der Waals surface area contributed by atoms with Crippen LogP contribution < -0.4 is 0 Å². The third-order valence-corrected chi connectivity index (χ3v) is 10.8. The molecule has 0 aromatic rings. The average Bonchev–Trinajstić information content (AvgIpc) is 2.84. The highest BCUT2D eigenvalue weighted by Crippen LogP contribution is 2.29. The summed E-state index contributed by atoms with van der Waals surface area (Å²) in [6, 6.07) is 1.46. The molecule has 240 valence electrons. The second-order valence-corrected chi connectivity index (χ2v) is 16.6. The van der Waals surface area contributed by atoms with Crippen molar-refractivity contribution in [3.8, 4) is 0 Å². The van der Waals surface area contributed by atoms with Crippen molar-refractivity contribution in [1.29, 1.82) is 0 Å². The van der Waals surface area contributed by atoms with Crippen LogP contribution in [0.15, 0.2) is 0 Å². The van der Waals surface area contributed by atoms with Gasteiger partial charge in [0.25, 0.3) is 0 Å². The molecule has 0 bridgehead atoms. The van der Waals surface area contributed by atoms with Crippen molar-refractivity contribution in [1.82, 2.24) is 0 Å². The third-order valence-electron chi connectivity index (χ3n) is 10.8. The van der Waals surface area contributed by atoms with Gasteiger partial charge in [-0.1, -0.05) is 92.9 Å². The summed E-state index contributed by atoms with van der Waals surface area (Å²) >= 11 is 0. The molecule has 0 aliphatic rings. The van der Waals surface area contributed by atoms with Crippen molar-refractivity contribution >= 4 is 5.78 Å². The number of nitrogens with zero attached hydrogens (tertiary/aromatic N) is 2. The molecule has 40 heavy (non-hydrogen) atoms. The van der Waals surface area contributed by atoms with Crippen molar-refractivity contribution in [3.05, 3.63) is 0 Å². The van der Waals surface area contributed by atoms with Crippen LogP contribution in [-0.2, 0) is 4.79 Å². The van der Waals surface area contributed by atoms with Crippen LogP contribution in [0, 0.1) is 35.5 Å². The van der Waals surface area contributed by atoms with Crippen LogP contribution in [-0.4, -0.2) is 69.1 Å². The Labute approximate surface area is 254 Å². The van der Waals surface area contributed by atoms with Crippen LogP contribution in [0.4, 0.5) is 0 Å². The van der Waals surface area contributed by atoms with Gasteiger partial charge in [0, 0.05) is 11.8 Å². The number of quaternary nitrogens is 2. The number of ketones is 1. The first kappa shape index (κ1) is 39.6. The molecule has 0 aromatic heterocycles. The fourth-order valence-corrected chi connectivity index (χ4v) is 6.23. The number of carbonyl (C=O) groups excluding carboxylic acids is 1. The SMILES string of the molecule is CC(CCCC(CCCCC(C)[N+](C)(C)C)C(C)C)C(=O)C(C)CCCC(CCCCC(C)[N+](C)(C)C)C(C)C. The molecule has 0 aromatic carbocycles. The van der Waals surface area contributed by atoms with Gasteiger partial charge >= 0.3 is 0 Å². The first-order valence-electron chi connectivity index (χ1n) is 17.5. The molecule has 6 atom stereocenters. The molecule has 0 aliphatic carbocycles. The van der Waals surface area contributed by atoms with E-state index in [-0.39, 0.29) is 11.8 Å². The Bertz CT molecular complexity index is 588. The third kappa shape index (κ3) is 17.5. The summed E-state index contributed by atoms with van der Waals surface area (Å²) in [4.78, 5) is 13.2. The zero-order chi connectivity index (χ0) is 31.1. The highest BCUT2D eigenvalue weighted by atomic mass is 16.1. The summed E-state index contributed by atoms with van der Waals surface area (Å²) in [5.74, 6) is 4.07. The maximum absolute atomic E-state index is 13.2. The first-order chi connectivity index (χ1) is 18.4. The van der Waals surface area contributed by atoms with E-state index in [0.29, 0.717) is 5.78 Å². The van der Waals surface area contributed by atoms with E-state index in [1.165, 1.54) is 77.0 Å². The summed E-state index contributed by atoms with van der Waals surface area (Å²) in [5.41, 5.74) is 0. The van der Waals surface area contributed by atoms with Gasteiger partial charge in [-0.05, 0) is 76.0 Å². The van der Waals surface area contributed by atoms with Gasteiger partial charge in [-0.25, -0.2) is 0 Å². The Hall–Kier alpha value is -0.410. The van der Waals surface area contributed by atoms with Crippen LogP contribution >= 0.6 is 0 Å². The van der Waals surface area contributed by atoms with Crippen LogP contribution in [0.2, 0.25) is 0 Å². The lowest BCUT2D eigenvalue weighted by molar-refractivity contribution is -0.894. The summed E-state index contributed by atoms with van der Waals surface area (Å²) in [5, 5.41) is 0. The van der Waals surface area contributed by atoms with Crippen molar-refractivity contribution in [3.63, 3.8) is 0 Å². The van der Waals surface area contributed by atoms with Gasteiger partial charge in [-0.2, -0.15) is 0 Å². The van der Waals surface area contributed by atoms with E-state index in [9.17, 15) is 4.79 Å². The number of unbranched alkanes of at least 4 members (excludes halogenated alkanes) is 2. The molecule has 0 spiro atoms. The minimum atomic E-state index is 0.220. The maximum atomic E-state index is 13.2. The van der Waals surface area contributed by atoms with Crippen molar-refractivity contribution in [2.24, 2.45) is 35.5 Å². The summed E-state index contributed by atoms with van der Waals surface area (Å²) in [6.45, 7) is 18.7. The van der Waals surface area contributed by atoms with Crippen molar-refractivity contribution < 1.29 is 13.8 Å². The number of carbonyl (C=O) groups is 1. The van der Waals surface area contributed by atoms with Crippen LogP contribution in [0.25, 0.3) is 0 Å². The highest BCUT2D eigenvalue weighted by molar-refractivity contribution is 5.82. The molecule has 0 fully saturated rings. The number of hydrogen-bond acceptors (Lipinski definition) is 1. The first-order valence-corrected chi connectivity index (χ1v) is 17.5. The number of Topliss-reactive ketones (excluding diaryl/α,β-unsaturated/α-hetero) is 1. The number of hydrogen-bond donors (Lipinski definition) is 0. The molecule has 0 heterocycles. The van der Waals surface area contributed by atoms with E-state index in [0.717, 1.165) is 57.6 Å². The van der Waals surface area contributed by atoms with Crippen LogP contribution in [0.5, 0.6) is 0 Å². The van der Waals surface area contributed by atoms with E-state index in [1.807, 2.05) is 0 Å². The zero-order valence-corrected chi connectivity index (χ0v) is 30.3. The lowest BCUT2D eigenvalue weighted by Crippen LogP contribution is -2.43. The highest BCUT2D eigenvalue weighted by Gasteiger charge is 2.23. The summed E-state index contributed by atoms with van der Waals surface area (Å²) < 4.78 is 2.13. The Morgan fingerprint density at radius 2 is 0.700 bits per heavy atom. The molecule has 3 nitrogen and oxygen atoms in total. The zero-order valence-electron chi connectivity index (χ0n) is 30.3. The predicted molar refractivity (Wildman–Crippen MR) is 180 cm³/mol. The molecule has 0 saturated heterocycles. The lowest BCUT2D eigenvalue weighted by atomic mass is 9.82. The molecule has 0 amide bonds. The summed E-state index contributed by atoms with van der Waals surface area (Å²) in [7, 11) is 13.9. The Morgan fingerprint density at radius 3 is 0.975 bits per heavy atom. The van der Waals surface area contributed by atoms with E-state index in [1.54, 1.807) is 0 Å². The predicted octanol–water partition coefficient (Wildman–Crippen LogP) is 10.0. The summed E-state index contributed by atoms with van der Waals surface area (Å²) in [6.07, 6.45) is 17.9. The fraction of sp³-hybridized carbons (Fsp3) is 0.973. The van der Waals surface area contributed by atoms with Gasteiger partial charge in [0.2, 0.25) is 0 Å². The molecule has 0 N–H and O–H groups in total. The Balaban J connectivity index is 4.37. The number of rotatable bonds is 24. The fourth-order valence-electron chi connectivity index (χ4n) is 6.23.